The van der Waals surface area contributed by atoms with Crippen LogP contribution in [0.4, 0.5) is 0 Å². The van der Waals surface area contributed by atoms with E-state index in [1.165, 1.54) is 6.20 Å². The van der Waals surface area contributed by atoms with Gasteiger partial charge in [-0.05, 0) is 12.1 Å². The molecule has 0 bridgehead atoms. The van der Waals surface area contributed by atoms with Gasteiger partial charge in [0.2, 0.25) is 0 Å². The number of hydrogen-bond donors (Lipinski definition) is 1. The molecule has 0 saturated heterocycles. The van der Waals surface area contributed by atoms with Crippen molar-refractivity contribution in [3.63, 3.8) is 0 Å². The highest BCUT2D eigenvalue weighted by atomic mass is 16.5. The Morgan fingerprint density at radius 3 is 2.43 bits per heavy atom. The second kappa shape index (κ2) is 6.27. The summed E-state index contributed by atoms with van der Waals surface area (Å²) in [5.74, 6) is -0.0465. The lowest BCUT2D eigenvalue weighted by molar-refractivity contribution is 0.0697. The molecule has 1 aromatic heterocycles. The van der Waals surface area contributed by atoms with E-state index in [0.717, 1.165) is 5.56 Å². The van der Waals surface area contributed by atoms with Crippen LogP contribution in [0, 0.1) is 0 Å². The van der Waals surface area contributed by atoms with Crippen molar-refractivity contribution in [2.45, 2.75) is 0 Å². The molecule has 5 nitrogen and oxygen atoms in total. The molecule has 0 fully saturated rings. The maximum absolute atomic E-state index is 11.5. The zero-order chi connectivity index (χ0) is 16.2. The molecule has 5 heteroatoms. The second-order valence-corrected chi connectivity index (χ2v) is 4.83. The van der Waals surface area contributed by atoms with Crippen LogP contribution in [0.2, 0.25) is 0 Å². The fourth-order valence-electron chi connectivity index (χ4n) is 2.31. The van der Waals surface area contributed by atoms with E-state index in [1.807, 2.05) is 42.5 Å². The highest BCUT2D eigenvalue weighted by Gasteiger charge is 2.18. The van der Waals surface area contributed by atoms with E-state index in [-0.39, 0.29) is 5.56 Å². The monoisotopic (exact) mass is 306 g/mol. The molecular weight excluding hydrogens is 292 g/mol. The Kier molecular flexibility index (Phi) is 4.01. The summed E-state index contributed by atoms with van der Waals surface area (Å²) in [6.45, 7) is 0. The zero-order valence-corrected chi connectivity index (χ0v) is 12.4. The van der Waals surface area contributed by atoms with Gasteiger partial charge in [0.1, 0.15) is 11.3 Å². The van der Waals surface area contributed by atoms with Gasteiger partial charge in [-0.2, -0.15) is 0 Å². The average Bonchev–Trinajstić information content (AvgIpc) is 2.61. The Labute approximate surface area is 133 Å². The fourth-order valence-corrected chi connectivity index (χ4v) is 2.31. The lowest BCUT2D eigenvalue weighted by Crippen LogP contribution is -2.05. The normalized spacial score (nSPS) is 10.3. The average molecular weight is 306 g/mol. The third-order valence-electron chi connectivity index (χ3n) is 3.41. The Morgan fingerprint density at radius 1 is 1.04 bits per heavy atom. The van der Waals surface area contributed by atoms with Crippen LogP contribution in [0.5, 0.6) is 5.75 Å². The quantitative estimate of drug-likeness (QED) is 0.798. The maximum Gasteiger partial charge on any atom is 0.339 e. The van der Waals surface area contributed by atoms with Gasteiger partial charge >= 0.3 is 5.97 Å². The SMILES string of the molecule is COc1ccccc1-c1nc(-c2ccccc2)ncc1C(=O)O. The summed E-state index contributed by atoms with van der Waals surface area (Å²) in [7, 11) is 1.54. The van der Waals surface area contributed by atoms with Crippen molar-refractivity contribution in [1.82, 2.24) is 9.97 Å². The fraction of sp³-hybridized carbons (Fsp3) is 0.0556. The topological polar surface area (TPSA) is 72.3 Å². The number of carboxylic acid groups (broad SMARTS) is 1. The molecule has 3 aromatic rings. The first-order valence-electron chi connectivity index (χ1n) is 7.00. The first-order chi connectivity index (χ1) is 11.2. The third-order valence-corrected chi connectivity index (χ3v) is 3.41. The first kappa shape index (κ1) is 14.7. The molecule has 0 atom stereocenters. The number of benzene rings is 2. The van der Waals surface area contributed by atoms with E-state index < -0.39 is 5.97 Å². The van der Waals surface area contributed by atoms with Gasteiger partial charge < -0.3 is 9.84 Å². The molecule has 0 aliphatic carbocycles. The predicted octanol–water partition coefficient (Wildman–Crippen LogP) is 3.52. The zero-order valence-electron chi connectivity index (χ0n) is 12.4. The highest BCUT2D eigenvalue weighted by molar-refractivity contribution is 5.95. The van der Waals surface area contributed by atoms with Crippen LogP contribution in [0.15, 0.2) is 60.8 Å². The number of rotatable bonds is 4. The van der Waals surface area contributed by atoms with Gasteiger partial charge in [-0.15, -0.1) is 0 Å². The van der Waals surface area contributed by atoms with Gasteiger partial charge in [-0.25, -0.2) is 14.8 Å². The minimum Gasteiger partial charge on any atom is -0.496 e. The lowest BCUT2D eigenvalue weighted by atomic mass is 10.1. The number of para-hydroxylation sites is 1. The Hall–Kier alpha value is -3.21. The largest absolute Gasteiger partial charge is 0.496 e. The van der Waals surface area contributed by atoms with Crippen LogP contribution in [0.3, 0.4) is 0 Å². The van der Waals surface area contributed by atoms with Crippen LogP contribution in [0.1, 0.15) is 10.4 Å². The molecule has 3 rings (SSSR count). The molecule has 0 unspecified atom stereocenters. The standard InChI is InChI=1S/C18H14N2O3/c1-23-15-10-6-5-9-13(15)16-14(18(21)22)11-19-17(20-16)12-7-3-2-4-8-12/h2-11H,1H3,(H,21,22). The molecule has 0 aliphatic heterocycles. The molecule has 0 saturated carbocycles. The molecule has 0 amide bonds. The summed E-state index contributed by atoms with van der Waals surface area (Å²) in [4.78, 5) is 20.2. The summed E-state index contributed by atoms with van der Waals surface area (Å²) in [5.41, 5.74) is 1.81. The van der Waals surface area contributed by atoms with Crippen molar-refractivity contribution in [2.75, 3.05) is 7.11 Å². The molecule has 0 spiro atoms. The van der Waals surface area contributed by atoms with Gasteiger partial charge in [0.25, 0.3) is 0 Å². The number of carbonyl (C=O) groups is 1. The summed E-state index contributed by atoms with van der Waals surface area (Å²) in [5, 5.41) is 9.43. The lowest BCUT2D eigenvalue weighted by Gasteiger charge is -2.11. The van der Waals surface area contributed by atoms with Crippen molar-refractivity contribution >= 4 is 5.97 Å². The van der Waals surface area contributed by atoms with E-state index in [4.69, 9.17) is 4.74 Å². The molecule has 0 aliphatic rings. The molecule has 114 valence electrons. The molecule has 23 heavy (non-hydrogen) atoms. The van der Waals surface area contributed by atoms with E-state index in [2.05, 4.69) is 9.97 Å². The predicted molar refractivity (Wildman–Crippen MR) is 86.4 cm³/mol. The van der Waals surface area contributed by atoms with Gasteiger partial charge in [-0.3, -0.25) is 0 Å². The van der Waals surface area contributed by atoms with E-state index in [1.54, 1.807) is 19.2 Å². The van der Waals surface area contributed by atoms with Crippen LogP contribution in [0.25, 0.3) is 22.6 Å². The van der Waals surface area contributed by atoms with E-state index in [0.29, 0.717) is 22.8 Å². The highest BCUT2D eigenvalue weighted by Crippen LogP contribution is 2.31. The minimum atomic E-state index is -1.08. The Bertz CT molecular complexity index is 848. The molecule has 1 heterocycles. The van der Waals surface area contributed by atoms with Gasteiger partial charge in [0, 0.05) is 17.3 Å². The Balaban J connectivity index is 2.22. The minimum absolute atomic E-state index is 0.0363. The van der Waals surface area contributed by atoms with Gasteiger partial charge in [0.15, 0.2) is 5.82 Å². The second-order valence-electron chi connectivity index (χ2n) is 4.83. The number of carboxylic acids is 1. The number of ether oxygens (including phenoxy) is 1. The molecule has 0 radical (unpaired) electrons. The van der Waals surface area contributed by atoms with Crippen LogP contribution >= 0.6 is 0 Å². The molecule has 2 aromatic carbocycles. The molecule has 1 N–H and O–H groups in total. The van der Waals surface area contributed by atoms with Crippen LogP contribution in [-0.4, -0.2) is 28.2 Å². The number of aromatic carboxylic acids is 1. The number of nitrogens with zero attached hydrogens (tertiary/aromatic N) is 2. The van der Waals surface area contributed by atoms with Crippen molar-refractivity contribution in [1.29, 1.82) is 0 Å². The van der Waals surface area contributed by atoms with Crippen molar-refractivity contribution in [3.05, 3.63) is 66.4 Å². The summed E-state index contributed by atoms with van der Waals surface area (Å²) in [6, 6.07) is 16.6. The third kappa shape index (κ3) is 2.89. The first-order valence-corrected chi connectivity index (χ1v) is 7.00. The van der Waals surface area contributed by atoms with Crippen LogP contribution < -0.4 is 4.74 Å². The van der Waals surface area contributed by atoms with E-state index >= 15 is 0 Å². The van der Waals surface area contributed by atoms with Crippen molar-refractivity contribution < 1.29 is 14.6 Å². The summed E-state index contributed by atoms with van der Waals surface area (Å²) in [6.07, 6.45) is 1.33. The smallest absolute Gasteiger partial charge is 0.339 e. The number of aromatic nitrogens is 2. The summed E-state index contributed by atoms with van der Waals surface area (Å²) < 4.78 is 5.33. The Morgan fingerprint density at radius 2 is 1.74 bits per heavy atom. The number of hydrogen-bond acceptors (Lipinski definition) is 4. The van der Waals surface area contributed by atoms with Crippen LogP contribution in [-0.2, 0) is 0 Å². The summed E-state index contributed by atoms with van der Waals surface area (Å²) >= 11 is 0. The van der Waals surface area contributed by atoms with Gasteiger partial charge in [0.05, 0.1) is 12.8 Å². The van der Waals surface area contributed by atoms with Crippen molar-refractivity contribution in [2.24, 2.45) is 0 Å². The molecular formula is C18H14N2O3. The van der Waals surface area contributed by atoms with Crippen molar-refractivity contribution in [3.8, 4) is 28.4 Å². The van der Waals surface area contributed by atoms with E-state index in [9.17, 15) is 9.90 Å². The maximum atomic E-state index is 11.5. The van der Waals surface area contributed by atoms with Gasteiger partial charge in [-0.1, -0.05) is 42.5 Å². The number of methoxy groups -OCH3 is 1.